The van der Waals surface area contributed by atoms with Crippen LogP contribution in [0, 0.1) is 5.92 Å². The second-order valence-corrected chi connectivity index (χ2v) is 5.47. The number of benzene rings is 1. The first-order valence-electron chi connectivity index (χ1n) is 7.19. The number of carbonyl (C=O) groups is 1. The summed E-state index contributed by atoms with van der Waals surface area (Å²) in [4.78, 5) is 13.9. The van der Waals surface area contributed by atoms with Crippen LogP contribution in [0.2, 0.25) is 0 Å². The molecule has 1 fully saturated rings. The van der Waals surface area contributed by atoms with Crippen molar-refractivity contribution < 1.29 is 4.79 Å². The van der Waals surface area contributed by atoms with E-state index >= 15 is 0 Å². The summed E-state index contributed by atoms with van der Waals surface area (Å²) in [6.07, 6.45) is 2.58. The van der Waals surface area contributed by atoms with E-state index in [9.17, 15) is 4.79 Å². The lowest BCUT2D eigenvalue weighted by Gasteiger charge is -2.32. The number of nitrogens with zero attached hydrogens (tertiary/aromatic N) is 1. The van der Waals surface area contributed by atoms with E-state index in [0.717, 1.165) is 32.1 Å². The highest BCUT2D eigenvalue weighted by Gasteiger charge is 2.19. The third kappa shape index (κ3) is 4.03. The van der Waals surface area contributed by atoms with E-state index in [1.54, 1.807) is 0 Å². The molecule has 1 amide bonds. The summed E-state index contributed by atoms with van der Waals surface area (Å²) in [6, 6.07) is 7.66. The van der Waals surface area contributed by atoms with Gasteiger partial charge in [-0.1, -0.05) is 12.1 Å². The predicted molar refractivity (Wildman–Crippen MR) is 80.0 cm³/mol. The first-order chi connectivity index (χ1) is 9.72. The molecule has 1 atom stereocenters. The SMILES string of the molecule is CNCC1CCCN(Cc2ccc(C(=O)NN)cc2)C1. The zero-order chi connectivity index (χ0) is 14.4. The molecular formula is C15H24N4O. The molecule has 20 heavy (non-hydrogen) atoms. The Morgan fingerprint density at radius 2 is 2.15 bits per heavy atom. The smallest absolute Gasteiger partial charge is 0.265 e. The zero-order valence-electron chi connectivity index (χ0n) is 12.1. The average Bonchev–Trinajstić information content (AvgIpc) is 2.48. The molecule has 0 aliphatic carbocycles. The van der Waals surface area contributed by atoms with Gasteiger partial charge in [-0.3, -0.25) is 15.1 Å². The zero-order valence-corrected chi connectivity index (χ0v) is 12.1. The van der Waals surface area contributed by atoms with E-state index in [-0.39, 0.29) is 5.91 Å². The molecule has 1 aromatic carbocycles. The lowest BCUT2D eigenvalue weighted by atomic mass is 9.97. The van der Waals surface area contributed by atoms with Gasteiger partial charge in [0.1, 0.15) is 0 Å². The number of nitrogens with one attached hydrogen (secondary N) is 2. The number of likely N-dealkylation sites (tertiary alicyclic amines) is 1. The van der Waals surface area contributed by atoms with E-state index in [1.807, 2.05) is 31.3 Å². The third-order valence-corrected chi connectivity index (χ3v) is 3.85. The topological polar surface area (TPSA) is 70.4 Å². The third-order valence-electron chi connectivity index (χ3n) is 3.85. The van der Waals surface area contributed by atoms with Gasteiger partial charge in [0, 0.05) is 18.7 Å². The number of amides is 1. The Balaban J connectivity index is 1.91. The van der Waals surface area contributed by atoms with Crippen LogP contribution in [0.4, 0.5) is 0 Å². The van der Waals surface area contributed by atoms with Gasteiger partial charge in [-0.05, 0) is 56.6 Å². The summed E-state index contributed by atoms with van der Waals surface area (Å²) in [6.45, 7) is 4.34. The van der Waals surface area contributed by atoms with Crippen LogP contribution >= 0.6 is 0 Å². The van der Waals surface area contributed by atoms with Gasteiger partial charge >= 0.3 is 0 Å². The minimum Gasteiger partial charge on any atom is -0.319 e. The van der Waals surface area contributed by atoms with Crippen molar-refractivity contribution >= 4 is 5.91 Å². The van der Waals surface area contributed by atoms with Crippen LogP contribution in [-0.2, 0) is 6.54 Å². The maximum atomic E-state index is 11.4. The molecule has 0 aromatic heterocycles. The normalized spacial score (nSPS) is 19.8. The fraction of sp³-hybridized carbons (Fsp3) is 0.533. The maximum absolute atomic E-state index is 11.4. The molecule has 0 bridgehead atoms. The maximum Gasteiger partial charge on any atom is 0.265 e. The number of hydrogen-bond donors (Lipinski definition) is 3. The molecule has 1 saturated heterocycles. The fourth-order valence-corrected chi connectivity index (χ4v) is 2.85. The van der Waals surface area contributed by atoms with E-state index in [1.165, 1.54) is 18.4 Å². The first-order valence-corrected chi connectivity index (χ1v) is 7.19. The summed E-state index contributed by atoms with van der Waals surface area (Å²) < 4.78 is 0. The molecule has 5 heteroatoms. The highest BCUT2D eigenvalue weighted by Crippen LogP contribution is 2.18. The number of rotatable bonds is 5. The van der Waals surface area contributed by atoms with Crippen molar-refractivity contribution in [2.45, 2.75) is 19.4 Å². The molecule has 0 spiro atoms. The Morgan fingerprint density at radius 3 is 2.80 bits per heavy atom. The average molecular weight is 276 g/mol. The van der Waals surface area contributed by atoms with Crippen LogP contribution in [-0.4, -0.2) is 37.5 Å². The van der Waals surface area contributed by atoms with Crippen LogP contribution in [0.3, 0.4) is 0 Å². The van der Waals surface area contributed by atoms with Gasteiger partial charge in [0.05, 0.1) is 0 Å². The van der Waals surface area contributed by atoms with Crippen LogP contribution in [0.15, 0.2) is 24.3 Å². The lowest BCUT2D eigenvalue weighted by molar-refractivity contribution is 0.0953. The highest BCUT2D eigenvalue weighted by atomic mass is 16.2. The summed E-state index contributed by atoms with van der Waals surface area (Å²) in [5.41, 5.74) is 3.99. The Bertz CT molecular complexity index is 430. The number of hydrazine groups is 1. The lowest BCUT2D eigenvalue weighted by Crippen LogP contribution is -2.38. The number of hydrogen-bond acceptors (Lipinski definition) is 4. The van der Waals surface area contributed by atoms with E-state index in [2.05, 4.69) is 15.6 Å². The van der Waals surface area contributed by atoms with Gasteiger partial charge in [-0.25, -0.2) is 5.84 Å². The molecule has 1 unspecified atom stereocenters. The molecular weight excluding hydrogens is 252 g/mol. The largest absolute Gasteiger partial charge is 0.319 e. The van der Waals surface area contributed by atoms with Crippen LogP contribution in [0.25, 0.3) is 0 Å². The van der Waals surface area contributed by atoms with Gasteiger partial charge in [-0.2, -0.15) is 0 Å². The predicted octanol–water partition coefficient (Wildman–Crippen LogP) is 0.722. The summed E-state index contributed by atoms with van der Waals surface area (Å²) in [5, 5.41) is 3.27. The molecule has 5 nitrogen and oxygen atoms in total. The minimum atomic E-state index is -0.247. The van der Waals surface area contributed by atoms with Gasteiger partial charge in [0.15, 0.2) is 0 Å². The fourth-order valence-electron chi connectivity index (χ4n) is 2.85. The van der Waals surface area contributed by atoms with Crippen LogP contribution < -0.4 is 16.6 Å². The second kappa shape index (κ2) is 7.38. The highest BCUT2D eigenvalue weighted by molar-refractivity contribution is 5.93. The van der Waals surface area contributed by atoms with Gasteiger partial charge in [0.25, 0.3) is 5.91 Å². The molecule has 0 radical (unpaired) electrons. The van der Waals surface area contributed by atoms with Crippen molar-refractivity contribution in [1.29, 1.82) is 0 Å². The van der Waals surface area contributed by atoms with Crippen molar-refractivity contribution in [2.24, 2.45) is 11.8 Å². The summed E-state index contributed by atoms with van der Waals surface area (Å²) >= 11 is 0. The number of nitrogen functional groups attached to an aromatic ring is 1. The molecule has 0 saturated carbocycles. The molecule has 110 valence electrons. The number of piperidine rings is 1. The van der Waals surface area contributed by atoms with Gasteiger partial charge < -0.3 is 5.32 Å². The molecule has 1 aromatic rings. The Morgan fingerprint density at radius 1 is 1.40 bits per heavy atom. The van der Waals surface area contributed by atoms with Crippen molar-refractivity contribution in [3.8, 4) is 0 Å². The van der Waals surface area contributed by atoms with Crippen molar-refractivity contribution in [3.63, 3.8) is 0 Å². The quantitative estimate of drug-likeness (QED) is 0.421. The van der Waals surface area contributed by atoms with E-state index in [0.29, 0.717) is 5.56 Å². The molecule has 1 aliphatic heterocycles. The summed E-state index contributed by atoms with van der Waals surface area (Å²) in [7, 11) is 2.01. The molecule has 2 rings (SSSR count). The van der Waals surface area contributed by atoms with Crippen molar-refractivity contribution in [3.05, 3.63) is 35.4 Å². The van der Waals surface area contributed by atoms with Crippen molar-refractivity contribution in [1.82, 2.24) is 15.6 Å². The second-order valence-electron chi connectivity index (χ2n) is 5.47. The molecule has 1 heterocycles. The van der Waals surface area contributed by atoms with Gasteiger partial charge in [0.2, 0.25) is 0 Å². The first kappa shape index (κ1) is 15.0. The van der Waals surface area contributed by atoms with E-state index in [4.69, 9.17) is 5.84 Å². The molecule has 1 aliphatic rings. The van der Waals surface area contributed by atoms with Crippen molar-refractivity contribution in [2.75, 3.05) is 26.7 Å². The summed E-state index contributed by atoms with van der Waals surface area (Å²) in [5.74, 6) is 5.62. The number of nitrogens with two attached hydrogens (primary N) is 1. The van der Waals surface area contributed by atoms with E-state index < -0.39 is 0 Å². The van der Waals surface area contributed by atoms with Crippen LogP contribution in [0.5, 0.6) is 0 Å². The standard InChI is InChI=1S/C15H24N4O/c1-17-9-13-3-2-8-19(11-13)10-12-4-6-14(7-5-12)15(20)18-16/h4-7,13,17H,2-3,8-11,16H2,1H3,(H,18,20). The Kier molecular flexibility index (Phi) is 5.52. The monoisotopic (exact) mass is 276 g/mol. The van der Waals surface area contributed by atoms with Gasteiger partial charge in [-0.15, -0.1) is 0 Å². The molecule has 4 N–H and O–H groups in total. The minimum absolute atomic E-state index is 0.247. The van der Waals surface area contributed by atoms with Crippen LogP contribution in [0.1, 0.15) is 28.8 Å². The number of carbonyl (C=O) groups excluding carboxylic acids is 1. The Labute approximate surface area is 120 Å². The Hall–Kier alpha value is -1.43.